The Bertz CT molecular complexity index is 1280. The number of amides is 3. The van der Waals surface area contributed by atoms with Crippen molar-refractivity contribution >= 4 is 51.3 Å². The first-order valence-electron chi connectivity index (χ1n) is 12.1. The first-order valence-corrected chi connectivity index (χ1v) is 13.7. The molecule has 1 heterocycles. The van der Waals surface area contributed by atoms with Crippen LogP contribution in [-0.2, 0) is 17.9 Å². The van der Waals surface area contributed by atoms with E-state index in [1.54, 1.807) is 28.0 Å². The molecule has 3 amide bonds. The summed E-state index contributed by atoms with van der Waals surface area (Å²) in [5, 5.41) is 3.80. The minimum Gasteiger partial charge on any atom is -0.457 e. The second-order valence-electron chi connectivity index (χ2n) is 9.14. The third-order valence-corrected chi connectivity index (χ3v) is 7.43. The van der Waals surface area contributed by atoms with Gasteiger partial charge in [0, 0.05) is 35.7 Å². The number of carbonyl (C=O) groups excluding carboxylic acids is 2. The lowest BCUT2D eigenvalue weighted by molar-refractivity contribution is 0.0308. The molecule has 0 saturated carbocycles. The molecule has 4 rings (SSSR count). The monoisotopic (exact) mass is 619 g/mol. The number of hydrogen-bond acceptors (Lipinski definition) is 4. The molecule has 10 heteroatoms. The van der Waals surface area contributed by atoms with Crippen molar-refractivity contribution in [3.63, 3.8) is 0 Å². The maximum Gasteiger partial charge on any atom is 0.410 e. The van der Waals surface area contributed by atoms with Gasteiger partial charge in [0.05, 0.1) is 22.1 Å². The van der Waals surface area contributed by atoms with Gasteiger partial charge in [-0.2, -0.15) is 0 Å². The molecular weight excluding hydrogens is 593 g/mol. The molecule has 1 fully saturated rings. The highest BCUT2D eigenvalue weighted by Gasteiger charge is 2.35. The molecular formula is C28H28BrCl2N3O4. The van der Waals surface area contributed by atoms with Crippen LogP contribution in [-0.4, -0.2) is 47.1 Å². The van der Waals surface area contributed by atoms with Crippen molar-refractivity contribution in [3.8, 4) is 11.5 Å². The third-order valence-electron chi connectivity index (χ3n) is 6.20. The molecule has 38 heavy (non-hydrogen) atoms. The summed E-state index contributed by atoms with van der Waals surface area (Å²) < 4.78 is 12.4. The number of nitrogens with one attached hydrogen (secondary N) is 1. The average molecular weight is 621 g/mol. The second-order valence-corrected chi connectivity index (χ2v) is 10.9. The van der Waals surface area contributed by atoms with Gasteiger partial charge in [-0.3, -0.25) is 4.90 Å². The van der Waals surface area contributed by atoms with Crippen LogP contribution in [0.15, 0.2) is 71.2 Å². The molecule has 1 N–H and O–H groups in total. The Balaban J connectivity index is 1.34. The maximum atomic E-state index is 13.1. The lowest BCUT2D eigenvalue weighted by atomic mass is 10.1. The molecule has 0 spiro atoms. The fourth-order valence-corrected chi connectivity index (χ4v) is 4.99. The van der Waals surface area contributed by atoms with E-state index < -0.39 is 0 Å². The van der Waals surface area contributed by atoms with Crippen molar-refractivity contribution in [3.05, 3.63) is 92.4 Å². The first-order chi connectivity index (χ1) is 18.2. The van der Waals surface area contributed by atoms with E-state index in [4.69, 9.17) is 32.7 Å². The van der Waals surface area contributed by atoms with Crippen LogP contribution in [0.5, 0.6) is 11.5 Å². The van der Waals surface area contributed by atoms with Gasteiger partial charge in [0.15, 0.2) is 0 Å². The number of hydrogen-bond donors (Lipinski definition) is 1. The summed E-state index contributed by atoms with van der Waals surface area (Å²) in [6.07, 6.45) is -0.382. The van der Waals surface area contributed by atoms with Crippen LogP contribution in [0.3, 0.4) is 0 Å². The van der Waals surface area contributed by atoms with E-state index in [1.165, 1.54) is 0 Å². The van der Waals surface area contributed by atoms with Crippen LogP contribution in [0.4, 0.5) is 9.59 Å². The average Bonchev–Trinajstić information content (AvgIpc) is 2.89. The summed E-state index contributed by atoms with van der Waals surface area (Å²) in [5.41, 5.74) is 1.71. The zero-order chi connectivity index (χ0) is 27.2. The first kappa shape index (κ1) is 28.1. The summed E-state index contributed by atoms with van der Waals surface area (Å²) in [7, 11) is 0. The minimum absolute atomic E-state index is 0.200. The molecule has 3 aromatic carbocycles. The maximum absolute atomic E-state index is 13.1. The number of rotatable bonds is 6. The van der Waals surface area contributed by atoms with E-state index in [0.717, 1.165) is 15.6 Å². The fourth-order valence-electron chi connectivity index (χ4n) is 4.36. The van der Waals surface area contributed by atoms with Crippen LogP contribution < -0.4 is 10.1 Å². The lowest BCUT2D eigenvalue weighted by Gasteiger charge is -2.43. The SMILES string of the molecule is CC1CN(C(=O)NCc2ccc(Br)cc2Oc2ccc(Cl)c(Cl)c2)CC(C)N1C(=O)OCc1ccccc1. The van der Waals surface area contributed by atoms with Gasteiger partial charge < -0.3 is 19.7 Å². The summed E-state index contributed by atoms with van der Waals surface area (Å²) in [6.45, 7) is 5.08. The van der Waals surface area contributed by atoms with Gasteiger partial charge in [-0.05, 0) is 43.7 Å². The van der Waals surface area contributed by atoms with Crippen molar-refractivity contribution in [1.82, 2.24) is 15.1 Å². The summed E-state index contributed by atoms with van der Waals surface area (Å²) in [6, 6.07) is 19.6. The van der Waals surface area contributed by atoms with Gasteiger partial charge in [-0.1, -0.05) is 75.5 Å². The molecule has 1 aliphatic heterocycles. The summed E-state index contributed by atoms with van der Waals surface area (Å²) >= 11 is 15.6. The predicted molar refractivity (Wildman–Crippen MR) is 152 cm³/mol. The predicted octanol–water partition coefficient (Wildman–Crippen LogP) is 7.49. The Labute approximate surface area is 240 Å². The quantitative estimate of drug-likeness (QED) is 0.310. The molecule has 0 aliphatic carbocycles. The second kappa shape index (κ2) is 12.7. The van der Waals surface area contributed by atoms with Gasteiger partial charge in [0.1, 0.15) is 18.1 Å². The molecule has 0 radical (unpaired) electrons. The molecule has 7 nitrogen and oxygen atoms in total. The van der Waals surface area contributed by atoms with Gasteiger partial charge >= 0.3 is 12.1 Å². The fraction of sp³-hybridized carbons (Fsp3) is 0.286. The molecule has 3 aromatic rings. The Morgan fingerprint density at radius 2 is 1.68 bits per heavy atom. The van der Waals surface area contributed by atoms with Crippen LogP contribution in [0.1, 0.15) is 25.0 Å². The number of benzene rings is 3. The highest BCUT2D eigenvalue weighted by molar-refractivity contribution is 9.10. The number of carbonyl (C=O) groups is 2. The summed E-state index contributed by atoms with van der Waals surface area (Å²) in [4.78, 5) is 29.3. The van der Waals surface area contributed by atoms with Crippen molar-refractivity contribution in [2.45, 2.75) is 39.1 Å². The largest absolute Gasteiger partial charge is 0.457 e. The zero-order valence-electron chi connectivity index (χ0n) is 21.0. The Morgan fingerprint density at radius 3 is 2.37 bits per heavy atom. The van der Waals surface area contributed by atoms with E-state index in [0.29, 0.717) is 34.6 Å². The van der Waals surface area contributed by atoms with Crippen LogP contribution in [0, 0.1) is 0 Å². The van der Waals surface area contributed by atoms with Crippen molar-refractivity contribution in [2.75, 3.05) is 13.1 Å². The smallest absolute Gasteiger partial charge is 0.410 e. The number of ether oxygens (including phenoxy) is 2. The molecule has 1 saturated heterocycles. The normalized spacial score (nSPS) is 17.2. The Kier molecular flexibility index (Phi) is 9.41. The summed E-state index contributed by atoms with van der Waals surface area (Å²) in [5.74, 6) is 1.11. The van der Waals surface area contributed by atoms with Crippen molar-refractivity contribution in [1.29, 1.82) is 0 Å². The van der Waals surface area contributed by atoms with E-state index in [9.17, 15) is 9.59 Å². The van der Waals surface area contributed by atoms with Crippen LogP contribution >= 0.6 is 39.1 Å². The van der Waals surface area contributed by atoms with Gasteiger partial charge in [-0.25, -0.2) is 9.59 Å². The number of halogens is 3. The molecule has 1 aliphatic rings. The highest BCUT2D eigenvalue weighted by atomic mass is 79.9. The van der Waals surface area contributed by atoms with Gasteiger partial charge in [-0.15, -0.1) is 0 Å². The zero-order valence-corrected chi connectivity index (χ0v) is 24.1. The standard InChI is InChI=1S/C28H28BrCl2N3O4/c1-18-15-33(16-19(2)34(18)28(36)37-17-20-6-4-3-5-7-20)27(35)32-14-21-8-9-22(29)12-26(21)38-23-10-11-24(30)25(31)13-23/h3-13,18-19H,14-17H2,1-2H3,(H,32,35). The van der Waals surface area contributed by atoms with Crippen LogP contribution in [0.2, 0.25) is 10.0 Å². The third kappa shape index (κ3) is 7.12. The number of piperazine rings is 1. The van der Waals surface area contributed by atoms with E-state index in [1.807, 2.05) is 62.4 Å². The van der Waals surface area contributed by atoms with E-state index >= 15 is 0 Å². The van der Waals surface area contributed by atoms with E-state index in [2.05, 4.69) is 21.2 Å². The molecule has 200 valence electrons. The minimum atomic E-state index is -0.382. The molecule has 2 unspecified atom stereocenters. The van der Waals surface area contributed by atoms with Crippen molar-refractivity contribution in [2.24, 2.45) is 0 Å². The molecule has 0 bridgehead atoms. The number of urea groups is 1. The highest BCUT2D eigenvalue weighted by Crippen LogP contribution is 2.32. The molecule has 2 atom stereocenters. The van der Waals surface area contributed by atoms with Crippen molar-refractivity contribution < 1.29 is 19.1 Å². The Morgan fingerprint density at radius 1 is 0.974 bits per heavy atom. The molecule has 0 aromatic heterocycles. The van der Waals surface area contributed by atoms with E-state index in [-0.39, 0.29) is 37.4 Å². The van der Waals surface area contributed by atoms with Gasteiger partial charge in [0.2, 0.25) is 0 Å². The Hall–Kier alpha value is -2.94. The lowest BCUT2D eigenvalue weighted by Crippen LogP contribution is -2.61. The van der Waals surface area contributed by atoms with Gasteiger partial charge in [0.25, 0.3) is 0 Å². The van der Waals surface area contributed by atoms with Crippen LogP contribution in [0.25, 0.3) is 0 Å². The topological polar surface area (TPSA) is 71.1 Å². The number of nitrogens with zero attached hydrogens (tertiary/aromatic N) is 2.